The lowest BCUT2D eigenvalue weighted by atomic mass is 10.1. The molecule has 0 saturated heterocycles. The Morgan fingerprint density at radius 3 is 0.954 bits per heavy atom. The maximum Gasteiger partial charge on any atom is 0.291 e. The highest BCUT2D eigenvalue weighted by atomic mass is 35.5. The molecule has 8 aromatic carbocycles. The van der Waals surface area contributed by atoms with Crippen LogP contribution in [0.5, 0.6) is 0 Å². The van der Waals surface area contributed by atoms with E-state index in [1.807, 2.05) is 152 Å². The molecular formula is C107H102ClF3N12O8. The van der Waals surface area contributed by atoms with E-state index in [0.29, 0.717) is 69.4 Å². The zero-order valence-electron chi connectivity index (χ0n) is 74.2. The number of carbonyl (C=O) groups excluding carboxylic acids is 4. The van der Waals surface area contributed by atoms with Gasteiger partial charge in [0, 0.05) is 74.2 Å². The Balaban J connectivity index is 0.000000122. The quantitative estimate of drug-likeness (QED) is 0.0557. The van der Waals surface area contributed by atoms with Crippen molar-refractivity contribution in [3.8, 4) is 90.8 Å². The highest BCUT2D eigenvalue weighted by Gasteiger charge is 2.32. The Morgan fingerprint density at radius 1 is 0.305 bits per heavy atom. The number of imidazole rings is 4. The highest BCUT2D eigenvalue weighted by Crippen LogP contribution is 2.45. The molecule has 20 nitrogen and oxygen atoms in total. The van der Waals surface area contributed by atoms with Crippen LogP contribution in [0.15, 0.2) is 267 Å². The predicted octanol–water partition coefficient (Wildman–Crippen LogP) is 27.9. The van der Waals surface area contributed by atoms with Crippen LogP contribution < -0.4 is 21.3 Å². The topological polar surface area (TPSA) is 240 Å². The third-order valence-electron chi connectivity index (χ3n) is 25.1. The summed E-state index contributed by atoms with van der Waals surface area (Å²) in [6.45, 7) is 13.9. The van der Waals surface area contributed by atoms with Gasteiger partial charge in [-0.05, 0) is 279 Å². The van der Waals surface area contributed by atoms with E-state index in [0.717, 1.165) is 164 Å². The van der Waals surface area contributed by atoms with Gasteiger partial charge in [-0.3, -0.25) is 19.2 Å². The lowest BCUT2D eigenvalue weighted by Crippen LogP contribution is -2.12. The normalized spacial score (nSPS) is 14.0. The molecule has 0 radical (unpaired) electrons. The molecule has 666 valence electrons. The van der Waals surface area contributed by atoms with E-state index < -0.39 is 0 Å². The molecule has 4 saturated carbocycles. The van der Waals surface area contributed by atoms with E-state index in [9.17, 15) is 32.3 Å². The van der Waals surface area contributed by atoms with Gasteiger partial charge in [0.15, 0.2) is 46.1 Å². The van der Waals surface area contributed by atoms with E-state index in [-0.39, 0.29) is 58.4 Å². The summed E-state index contributed by atoms with van der Waals surface area (Å²) in [5, 5.41) is 12.2. The van der Waals surface area contributed by atoms with E-state index >= 15 is 0 Å². The zero-order valence-corrected chi connectivity index (χ0v) is 74.9. The molecule has 8 heterocycles. The summed E-state index contributed by atoms with van der Waals surface area (Å²) in [5.74, 6) is 1.19. The summed E-state index contributed by atoms with van der Waals surface area (Å²) in [6.07, 6.45) is 25.6. The number of halogens is 4. The molecule has 4 fully saturated rings. The fraction of sp³-hybridized carbons (Fsp3) is 0.252. The average Bonchev–Trinajstić information content (AvgIpc) is 1.64. The van der Waals surface area contributed by atoms with Crippen molar-refractivity contribution >= 4 is 58.0 Å². The van der Waals surface area contributed by atoms with E-state index in [4.69, 9.17) is 34.3 Å². The van der Waals surface area contributed by atoms with Crippen molar-refractivity contribution < 1.29 is 50.0 Å². The van der Waals surface area contributed by atoms with Crippen molar-refractivity contribution in [3.05, 3.63) is 334 Å². The number of carbonyl (C=O) groups is 4. The van der Waals surface area contributed by atoms with Crippen molar-refractivity contribution in [2.24, 2.45) is 0 Å². The second-order valence-corrected chi connectivity index (χ2v) is 34.8. The lowest BCUT2D eigenvalue weighted by Gasteiger charge is -2.15. The Bertz CT molecular complexity index is 6760. The molecular weight excluding hydrogens is 1670 g/mol. The number of furan rings is 4. The van der Waals surface area contributed by atoms with E-state index in [1.165, 1.54) is 93.3 Å². The molecule has 0 bridgehead atoms. The van der Waals surface area contributed by atoms with Gasteiger partial charge in [0.25, 0.3) is 23.6 Å². The number of aromatic nitrogens is 8. The minimum atomic E-state index is -0.364. The van der Waals surface area contributed by atoms with Crippen LogP contribution >= 0.6 is 11.6 Å². The average molecular weight is 1780 g/mol. The van der Waals surface area contributed by atoms with Crippen molar-refractivity contribution in [1.29, 1.82) is 0 Å². The van der Waals surface area contributed by atoms with Gasteiger partial charge in [0.2, 0.25) is 0 Å². The van der Waals surface area contributed by atoms with Crippen LogP contribution in [0.1, 0.15) is 208 Å². The fourth-order valence-electron chi connectivity index (χ4n) is 17.9. The number of rotatable bonds is 20. The molecule has 131 heavy (non-hydrogen) atoms. The van der Waals surface area contributed by atoms with Gasteiger partial charge in [0.1, 0.15) is 40.2 Å². The highest BCUT2D eigenvalue weighted by molar-refractivity contribution is 6.31. The monoisotopic (exact) mass is 1770 g/mol. The maximum atomic E-state index is 13.5. The second-order valence-electron chi connectivity index (χ2n) is 34.4. The molecule has 0 aliphatic heterocycles. The van der Waals surface area contributed by atoms with Crippen molar-refractivity contribution in [3.63, 3.8) is 0 Å². The summed E-state index contributed by atoms with van der Waals surface area (Å²) in [5.41, 5.74) is 20.1. The van der Waals surface area contributed by atoms with Crippen LogP contribution in [0.2, 0.25) is 5.02 Å². The van der Waals surface area contributed by atoms with Gasteiger partial charge < -0.3 is 57.2 Å². The smallest absolute Gasteiger partial charge is 0.291 e. The summed E-state index contributed by atoms with van der Waals surface area (Å²) in [7, 11) is 0. The first-order valence-electron chi connectivity index (χ1n) is 44.8. The van der Waals surface area contributed by atoms with Crippen LogP contribution in [0.3, 0.4) is 0 Å². The van der Waals surface area contributed by atoms with Crippen LogP contribution in [0, 0.1) is 65.9 Å². The van der Waals surface area contributed by atoms with Crippen LogP contribution in [0.25, 0.3) is 90.8 Å². The molecule has 20 rings (SSSR count). The summed E-state index contributed by atoms with van der Waals surface area (Å²) in [6, 6.07) is 67.5. The van der Waals surface area contributed by atoms with Gasteiger partial charge in [-0.25, -0.2) is 33.1 Å². The number of benzene rings is 8. The zero-order chi connectivity index (χ0) is 90.9. The van der Waals surface area contributed by atoms with Crippen molar-refractivity contribution in [2.75, 3.05) is 21.3 Å². The molecule has 0 atom stereocenters. The molecule has 8 aromatic heterocycles. The number of anilines is 4. The Morgan fingerprint density at radius 2 is 0.603 bits per heavy atom. The third kappa shape index (κ3) is 20.3. The first kappa shape index (κ1) is 88.7. The van der Waals surface area contributed by atoms with Gasteiger partial charge >= 0.3 is 0 Å². The summed E-state index contributed by atoms with van der Waals surface area (Å²) < 4.78 is 73.4. The maximum absolute atomic E-state index is 13.5. The fourth-order valence-corrected chi connectivity index (χ4v) is 18.1. The van der Waals surface area contributed by atoms with Crippen molar-refractivity contribution in [1.82, 2.24) is 38.2 Å². The number of aryl methyl sites for hydroxylation is 7. The van der Waals surface area contributed by atoms with Gasteiger partial charge in [-0.2, -0.15) is 0 Å². The molecule has 0 spiro atoms. The van der Waals surface area contributed by atoms with Crippen LogP contribution in [-0.4, -0.2) is 61.8 Å². The number of hydrogen-bond donors (Lipinski definition) is 4. The predicted molar refractivity (Wildman–Crippen MR) is 507 cm³/mol. The SMILES string of the molecule is Cc1ccc(-c2ncn(C3CCCC3)c2-c2ccc(C(=O)Nc3cc(C)ccc3C)o2)cc1.Cc1ccc(NC(=O)c2ccc(-c3c(-c4ccc(F)cc4)ncn3C3CCCC3)o2)c(C)c1.Cc1ccc(NC(=O)c2ccc(-c3c(-c4ccc(F)cc4)ncn3C3CCCC3)o2)cc1Cl.Cc1ccccc1NC(=O)c1ccc(-c2c(-c3ccc(F)cc3)ncn2C2CCCC2)o1. The summed E-state index contributed by atoms with van der Waals surface area (Å²) >= 11 is 6.17. The Kier molecular flexibility index (Phi) is 26.9. The molecule has 0 unspecified atom stereocenters. The molecule has 4 amide bonds. The Hall–Kier alpha value is -14.3. The number of hydrogen-bond acceptors (Lipinski definition) is 12. The van der Waals surface area contributed by atoms with Crippen LogP contribution in [-0.2, 0) is 0 Å². The number of amides is 4. The first-order valence-corrected chi connectivity index (χ1v) is 45.2. The first-order chi connectivity index (χ1) is 63.6. The largest absolute Gasteiger partial charge is 0.449 e. The molecule has 4 aliphatic carbocycles. The standard InChI is InChI=1S/C28H29N3O2.C27H26FN3O2.C26H23ClFN3O2.C26H24FN3O2/c1-18-9-12-21(13-10-18)26-27(31(17-29-26)22-6-4-5-7-22)24-14-15-25(33-24)28(32)30-23-16-19(2)8-11-20(23)3;1-17-7-12-22(18(2)15-17)30-27(32)24-14-13-23(33-24)26-25(19-8-10-20(28)11-9-19)29-16-31(26)21-5-3-4-6-21;1-16-6-11-19(14-21(16)27)30-26(32)23-13-12-22(33-23)25-24(17-7-9-18(28)10-8-17)29-15-31(25)20-4-2-3-5-20;1-17-6-2-5-9-21(17)29-26(31)23-15-14-22(32-23)25-24(18-10-12-19(27)13-11-18)28-16-30(25)20-7-3-4-8-20/h8-17,22H,4-7H2,1-3H3,(H,30,32);7-16,21H,3-6H2,1-2H3,(H,30,32);6-15,20H,2-5H2,1H3,(H,30,32);2,5-6,9-16,20H,3-4,7-8H2,1H3,(H,29,31). The van der Waals surface area contributed by atoms with Crippen molar-refractivity contribution in [2.45, 2.75) is 175 Å². The van der Waals surface area contributed by atoms with E-state index in [2.05, 4.69) is 85.7 Å². The molecule has 16 aromatic rings. The number of nitrogens with zero attached hydrogens (tertiary/aromatic N) is 8. The van der Waals surface area contributed by atoms with E-state index in [1.54, 1.807) is 78.9 Å². The molecule has 4 N–H and O–H groups in total. The minimum absolute atomic E-state index is 0.186. The molecule has 4 aliphatic rings. The Labute approximate surface area is 763 Å². The molecule has 24 heteroatoms. The van der Waals surface area contributed by atoms with Crippen LogP contribution in [0.4, 0.5) is 35.9 Å². The number of nitrogens with one attached hydrogen (secondary N) is 4. The van der Waals surface area contributed by atoms with Gasteiger partial charge in [-0.1, -0.05) is 147 Å². The minimum Gasteiger partial charge on any atom is -0.449 e. The second kappa shape index (κ2) is 39.7. The van der Waals surface area contributed by atoms with Gasteiger partial charge in [0.05, 0.1) is 48.1 Å². The lowest BCUT2D eigenvalue weighted by molar-refractivity contribution is 0.0990. The van der Waals surface area contributed by atoms with Gasteiger partial charge in [-0.15, -0.1) is 0 Å². The third-order valence-corrected chi connectivity index (χ3v) is 25.5. The number of para-hydroxylation sites is 1. The summed E-state index contributed by atoms with van der Waals surface area (Å²) in [4.78, 5) is 70.2.